The highest BCUT2D eigenvalue weighted by Gasteiger charge is 2.04. The Morgan fingerprint density at radius 2 is 2.06 bits per heavy atom. The van der Waals surface area contributed by atoms with Gasteiger partial charge in [-0.2, -0.15) is 0 Å². The Balaban J connectivity index is 2.34. The number of benzene rings is 1. The lowest BCUT2D eigenvalue weighted by Crippen LogP contribution is -2.39. The fraction of sp³-hybridized carbons (Fsp3) is 0.333. The first kappa shape index (κ1) is 14.5. The summed E-state index contributed by atoms with van der Waals surface area (Å²) in [7, 11) is 3.48. The summed E-state index contributed by atoms with van der Waals surface area (Å²) >= 11 is 3.33. The van der Waals surface area contributed by atoms with E-state index in [-0.39, 0.29) is 5.91 Å². The molecule has 0 aliphatic rings. The molecule has 1 amide bonds. The van der Waals surface area contributed by atoms with E-state index in [9.17, 15) is 4.79 Å². The molecule has 0 aliphatic heterocycles. The molecule has 1 rings (SSSR count). The molecule has 0 saturated heterocycles. The number of carbonyl (C=O) groups is 1. The fourth-order valence-electron chi connectivity index (χ4n) is 1.37. The molecule has 0 atom stereocenters. The number of carbonyl (C=O) groups excluding carboxylic acids is 1. The average molecular weight is 313 g/mol. The zero-order valence-corrected chi connectivity index (χ0v) is 12.0. The minimum atomic E-state index is -0.0856. The first-order valence-electron chi connectivity index (χ1n) is 5.59. The van der Waals surface area contributed by atoms with Crippen molar-refractivity contribution in [1.29, 1.82) is 0 Å². The van der Waals surface area contributed by atoms with Crippen LogP contribution in [0.1, 0.15) is 10.4 Å². The number of hydrogen-bond acceptors (Lipinski definition) is 2. The molecule has 0 spiro atoms. The van der Waals surface area contributed by atoms with Crippen molar-refractivity contribution in [1.82, 2.24) is 16.0 Å². The third kappa shape index (κ3) is 4.75. The zero-order valence-electron chi connectivity index (χ0n) is 10.5. The quantitative estimate of drug-likeness (QED) is 0.441. The molecule has 5 nitrogen and oxygen atoms in total. The molecule has 0 heterocycles. The maximum absolute atomic E-state index is 11.8. The van der Waals surface area contributed by atoms with E-state index in [1.54, 1.807) is 26.2 Å². The number of halogens is 1. The maximum atomic E-state index is 11.8. The topological polar surface area (TPSA) is 65.5 Å². The Morgan fingerprint density at radius 1 is 1.33 bits per heavy atom. The van der Waals surface area contributed by atoms with Gasteiger partial charge in [0.05, 0.1) is 0 Å². The lowest BCUT2D eigenvalue weighted by molar-refractivity contribution is 0.0954. The van der Waals surface area contributed by atoms with E-state index in [4.69, 9.17) is 0 Å². The molecular formula is C12H17BrN4O. The standard InChI is InChI=1S/C12H17BrN4O/c1-14-12(15-2)17-7-6-16-11(18)9-4-3-5-10(13)8-9/h3-5,8H,6-7H2,1-2H3,(H,16,18)(H2,14,15,17). The maximum Gasteiger partial charge on any atom is 0.251 e. The van der Waals surface area contributed by atoms with Crippen LogP contribution in [-0.4, -0.2) is 39.1 Å². The molecule has 0 aliphatic carbocycles. The summed E-state index contributed by atoms with van der Waals surface area (Å²) < 4.78 is 0.892. The number of nitrogens with zero attached hydrogens (tertiary/aromatic N) is 1. The Hall–Kier alpha value is -1.56. The number of rotatable bonds is 4. The third-order valence-corrected chi connectivity index (χ3v) is 2.74. The molecule has 0 radical (unpaired) electrons. The minimum Gasteiger partial charge on any atom is -0.359 e. The van der Waals surface area contributed by atoms with E-state index < -0.39 is 0 Å². The molecule has 0 bridgehead atoms. The monoisotopic (exact) mass is 312 g/mol. The van der Waals surface area contributed by atoms with Crippen LogP contribution in [0, 0.1) is 0 Å². The highest BCUT2D eigenvalue weighted by atomic mass is 79.9. The van der Waals surface area contributed by atoms with Crippen LogP contribution in [0.25, 0.3) is 0 Å². The van der Waals surface area contributed by atoms with Crippen molar-refractivity contribution < 1.29 is 4.79 Å². The second-order valence-corrected chi connectivity index (χ2v) is 4.43. The van der Waals surface area contributed by atoms with Crippen molar-refractivity contribution in [2.45, 2.75) is 0 Å². The minimum absolute atomic E-state index is 0.0856. The van der Waals surface area contributed by atoms with Gasteiger partial charge in [0.2, 0.25) is 0 Å². The molecular weight excluding hydrogens is 296 g/mol. The highest BCUT2D eigenvalue weighted by molar-refractivity contribution is 9.10. The lowest BCUT2D eigenvalue weighted by Gasteiger charge is -2.09. The molecule has 1 aromatic rings. The third-order valence-electron chi connectivity index (χ3n) is 2.25. The Morgan fingerprint density at radius 3 is 2.67 bits per heavy atom. The van der Waals surface area contributed by atoms with Crippen LogP contribution in [0.5, 0.6) is 0 Å². The summed E-state index contributed by atoms with van der Waals surface area (Å²) in [5, 5.41) is 8.78. The van der Waals surface area contributed by atoms with Crippen molar-refractivity contribution in [3.63, 3.8) is 0 Å². The largest absolute Gasteiger partial charge is 0.359 e. The molecule has 18 heavy (non-hydrogen) atoms. The summed E-state index contributed by atoms with van der Waals surface area (Å²) in [6.07, 6.45) is 0. The Kier molecular flexibility index (Phi) is 6.21. The molecule has 3 N–H and O–H groups in total. The van der Waals surface area contributed by atoms with Gasteiger partial charge in [-0.1, -0.05) is 22.0 Å². The van der Waals surface area contributed by atoms with Gasteiger partial charge in [0.15, 0.2) is 5.96 Å². The fourth-order valence-corrected chi connectivity index (χ4v) is 1.77. The Bertz CT molecular complexity index is 434. The predicted octanol–water partition coefficient (Wildman–Crippen LogP) is 0.974. The second kappa shape index (κ2) is 7.71. The van der Waals surface area contributed by atoms with Gasteiger partial charge in [0.25, 0.3) is 5.91 Å². The summed E-state index contributed by atoms with van der Waals surface area (Å²) in [6.45, 7) is 1.15. The summed E-state index contributed by atoms with van der Waals surface area (Å²) in [4.78, 5) is 15.7. The van der Waals surface area contributed by atoms with Gasteiger partial charge in [-0.15, -0.1) is 0 Å². The number of nitrogens with one attached hydrogen (secondary N) is 3. The number of hydrogen-bond donors (Lipinski definition) is 3. The van der Waals surface area contributed by atoms with Crippen LogP contribution >= 0.6 is 15.9 Å². The number of amides is 1. The predicted molar refractivity (Wildman–Crippen MR) is 76.9 cm³/mol. The van der Waals surface area contributed by atoms with Crippen LogP contribution in [-0.2, 0) is 0 Å². The van der Waals surface area contributed by atoms with Gasteiger partial charge in [-0.3, -0.25) is 9.79 Å². The van der Waals surface area contributed by atoms with Crippen molar-refractivity contribution in [3.8, 4) is 0 Å². The highest BCUT2D eigenvalue weighted by Crippen LogP contribution is 2.11. The van der Waals surface area contributed by atoms with Crippen molar-refractivity contribution >= 4 is 27.8 Å². The molecule has 6 heteroatoms. The second-order valence-electron chi connectivity index (χ2n) is 3.52. The van der Waals surface area contributed by atoms with Crippen LogP contribution in [0.4, 0.5) is 0 Å². The van der Waals surface area contributed by atoms with Gasteiger partial charge >= 0.3 is 0 Å². The normalized spacial score (nSPS) is 10.9. The lowest BCUT2D eigenvalue weighted by atomic mass is 10.2. The SMILES string of the molecule is CN=C(NC)NCCNC(=O)c1cccc(Br)c1. The number of guanidine groups is 1. The van der Waals surface area contributed by atoms with Crippen molar-refractivity contribution in [3.05, 3.63) is 34.3 Å². The Labute approximate surface area is 115 Å². The smallest absolute Gasteiger partial charge is 0.251 e. The van der Waals surface area contributed by atoms with E-state index in [1.165, 1.54) is 0 Å². The molecule has 1 aromatic carbocycles. The van der Waals surface area contributed by atoms with E-state index >= 15 is 0 Å². The van der Waals surface area contributed by atoms with Crippen LogP contribution < -0.4 is 16.0 Å². The van der Waals surface area contributed by atoms with Crippen molar-refractivity contribution in [2.24, 2.45) is 4.99 Å². The molecule has 0 fully saturated rings. The average Bonchev–Trinajstić information content (AvgIpc) is 2.38. The van der Waals surface area contributed by atoms with E-state index in [0.29, 0.717) is 24.6 Å². The number of aliphatic imine (C=N–C) groups is 1. The zero-order chi connectivity index (χ0) is 13.4. The van der Waals surface area contributed by atoms with Crippen LogP contribution in [0.3, 0.4) is 0 Å². The molecule has 0 aromatic heterocycles. The molecule has 98 valence electrons. The van der Waals surface area contributed by atoms with Crippen molar-refractivity contribution in [2.75, 3.05) is 27.2 Å². The van der Waals surface area contributed by atoms with Gasteiger partial charge in [0.1, 0.15) is 0 Å². The van der Waals surface area contributed by atoms with Crippen LogP contribution in [0.15, 0.2) is 33.7 Å². The summed E-state index contributed by atoms with van der Waals surface area (Å²) in [5.74, 6) is 0.615. The first-order valence-corrected chi connectivity index (χ1v) is 6.39. The van der Waals surface area contributed by atoms with Gasteiger partial charge in [0, 0.05) is 37.2 Å². The van der Waals surface area contributed by atoms with Gasteiger partial charge in [-0.05, 0) is 18.2 Å². The van der Waals surface area contributed by atoms with E-state index in [1.807, 2.05) is 12.1 Å². The summed E-state index contributed by atoms with van der Waals surface area (Å²) in [5.41, 5.74) is 0.641. The van der Waals surface area contributed by atoms with Gasteiger partial charge < -0.3 is 16.0 Å². The van der Waals surface area contributed by atoms with E-state index in [2.05, 4.69) is 36.9 Å². The van der Waals surface area contributed by atoms with Gasteiger partial charge in [-0.25, -0.2) is 0 Å². The van der Waals surface area contributed by atoms with Crippen LogP contribution in [0.2, 0.25) is 0 Å². The molecule has 0 unspecified atom stereocenters. The molecule has 0 saturated carbocycles. The van der Waals surface area contributed by atoms with E-state index in [0.717, 1.165) is 4.47 Å². The summed E-state index contributed by atoms with van der Waals surface area (Å²) in [6, 6.07) is 7.28. The first-order chi connectivity index (χ1) is 8.67.